The van der Waals surface area contributed by atoms with Crippen LogP contribution in [-0.2, 0) is 6.54 Å². The number of hydrogen-bond donors (Lipinski definition) is 2. The summed E-state index contributed by atoms with van der Waals surface area (Å²) in [7, 11) is 0. The monoisotopic (exact) mass is 173 g/mol. The number of H-pyrrole nitrogens is 1. The average Bonchev–Trinajstić information content (AvgIpc) is 2.69. The lowest BCUT2D eigenvalue weighted by Crippen LogP contribution is -1.97. The fraction of sp³-hybridized carbons (Fsp3) is 0.100. The minimum Gasteiger partial charge on any atom is -0.378 e. The maximum Gasteiger partial charge on any atom is 0.0726 e. The zero-order valence-corrected chi connectivity index (χ0v) is 7.20. The van der Waals surface area contributed by atoms with Gasteiger partial charge in [-0.1, -0.05) is 30.3 Å². The van der Waals surface area contributed by atoms with Gasteiger partial charge in [0.2, 0.25) is 0 Å². The van der Waals surface area contributed by atoms with Gasteiger partial charge in [0.25, 0.3) is 0 Å². The van der Waals surface area contributed by atoms with Crippen LogP contribution in [-0.4, -0.2) is 10.2 Å². The topological polar surface area (TPSA) is 40.7 Å². The number of aromatic amines is 1. The Kier molecular flexibility index (Phi) is 2.27. The summed E-state index contributed by atoms with van der Waals surface area (Å²) >= 11 is 0. The average molecular weight is 173 g/mol. The molecule has 0 atom stereocenters. The first-order valence-electron chi connectivity index (χ1n) is 4.22. The van der Waals surface area contributed by atoms with Crippen molar-refractivity contribution in [2.24, 2.45) is 0 Å². The van der Waals surface area contributed by atoms with E-state index in [1.165, 1.54) is 5.56 Å². The Balaban J connectivity index is 1.94. The first-order chi connectivity index (χ1) is 6.45. The third-order valence-electron chi connectivity index (χ3n) is 1.84. The van der Waals surface area contributed by atoms with Gasteiger partial charge in [0.1, 0.15) is 0 Å². The molecule has 2 rings (SSSR count). The maximum absolute atomic E-state index is 3.85. The van der Waals surface area contributed by atoms with Crippen LogP contribution in [0.3, 0.4) is 0 Å². The number of hydrogen-bond acceptors (Lipinski definition) is 2. The molecule has 0 amide bonds. The fourth-order valence-electron chi connectivity index (χ4n) is 1.15. The summed E-state index contributed by atoms with van der Waals surface area (Å²) in [6.07, 6.45) is 3.60. The van der Waals surface area contributed by atoms with Gasteiger partial charge >= 0.3 is 0 Å². The predicted molar refractivity (Wildman–Crippen MR) is 52.4 cm³/mol. The van der Waals surface area contributed by atoms with E-state index in [0.717, 1.165) is 12.2 Å². The van der Waals surface area contributed by atoms with Crippen LogP contribution in [0.15, 0.2) is 42.7 Å². The van der Waals surface area contributed by atoms with Crippen molar-refractivity contribution in [2.45, 2.75) is 6.54 Å². The molecule has 0 fully saturated rings. The maximum atomic E-state index is 3.85. The van der Waals surface area contributed by atoms with E-state index in [4.69, 9.17) is 0 Å². The lowest BCUT2D eigenvalue weighted by Gasteiger charge is -2.02. The minimum atomic E-state index is 0.834. The summed E-state index contributed by atoms with van der Waals surface area (Å²) in [4.78, 5) is 0. The highest BCUT2D eigenvalue weighted by molar-refractivity contribution is 5.38. The number of nitrogens with zero attached hydrogens (tertiary/aromatic N) is 1. The molecule has 0 radical (unpaired) electrons. The van der Waals surface area contributed by atoms with Gasteiger partial charge in [-0.2, -0.15) is 5.10 Å². The number of benzene rings is 1. The van der Waals surface area contributed by atoms with E-state index in [9.17, 15) is 0 Å². The second-order valence-electron chi connectivity index (χ2n) is 2.83. The molecule has 1 aromatic heterocycles. The second kappa shape index (κ2) is 3.76. The SMILES string of the molecule is c1ccc(CNc2cn[nH]c2)cc1. The molecule has 2 N–H and O–H groups in total. The van der Waals surface area contributed by atoms with Crippen molar-refractivity contribution in [3.63, 3.8) is 0 Å². The number of anilines is 1. The lowest BCUT2D eigenvalue weighted by molar-refractivity contribution is 1.09. The molecule has 1 aromatic carbocycles. The van der Waals surface area contributed by atoms with E-state index in [-0.39, 0.29) is 0 Å². The van der Waals surface area contributed by atoms with Crippen molar-refractivity contribution in [1.82, 2.24) is 10.2 Å². The normalized spacial score (nSPS) is 9.85. The number of nitrogens with one attached hydrogen (secondary N) is 2. The number of rotatable bonds is 3. The van der Waals surface area contributed by atoms with Gasteiger partial charge in [-0.3, -0.25) is 5.10 Å². The molecular weight excluding hydrogens is 162 g/mol. The molecule has 0 aliphatic rings. The molecule has 0 aliphatic carbocycles. The molecule has 0 aliphatic heterocycles. The van der Waals surface area contributed by atoms with E-state index in [1.807, 2.05) is 24.4 Å². The van der Waals surface area contributed by atoms with Gasteiger partial charge < -0.3 is 5.32 Å². The van der Waals surface area contributed by atoms with E-state index in [0.29, 0.717) is 0 Å². The summed E-state index contributed by atoms with van der Waals surface area (Å²) in [5, 5.41) is 9.85. The molecule has 3 nitrogen and oxygen atoms in total. The van der Waals surface area contributed by atoms with Gasteiger partial charge in [-0.15, -0.1) is 0 Å². The molecule has 2 aromatic rings. The van der Waals surface area contributed by atoms with Crippen LogP contribution in [0.2, 0.25) is 0 Å². The molecule has 66 valence electrons. The quantitative estimate of drug-likeness (QED) is 0.745. The molecule has 0 spiro atoms. The third kappa shape index (κ3) is 2.08. The Bertz CT molecular complexity index is 340. The standard InChI is InChI=1S/C10H11N3/c1-2-4-9(5-3-1)6-11-10-7-12-13-8-10/h1-5,7-8,11H,6H2,(H,12,13). The third-order valence-corrected chi connectivity index (χ3v) is 1.84. The molecular formula is C10H11N3. The summed E-state index contributed by atoms with van der Waals surface area (Å²) in [6, 6.07) is 10.3. The smallest absolute Gasteiger partial charge is 0.0726 e. The van der Waals surface area contributed by atoms with Crippen molar-refractivity contribution < 1.29 is 0 Å². The van der Waals surface area contributed by atoms with Crippen molar-refractivity contribution in [3.05, 3.63) is 48.3 Å². The molecule has 1 heterocycles. The molecule has 0 unspecified atom stereocenters. The van der Waals surface area contributed by atoms with Crippen LogP contribution in [0.4, 0.5) is 5.69 Å². The molecule has 13 heavy (non-hydrogen) atoms. The summed E-state index contributed by atoms with van der Waals surface area (Å²) in [6.45, 7) is 0.834. The van der Waals surface area contributed by atoms with Crippen molar-refractivity contribution >= 4 is 5.69 Å². The van der Waals surface area contributed by atoms with Gasteiger partial charge in [0.15, 0.2) is 0 Å². The molecule has 3 heteroatoms. The van der Waals surface area contributed by atoms with Crippen LogP contribution in [0.25, 0.3) is 0 Å². The van der Waals surface area contributed by atoms with E-state index in [2.05, 4.69) is 27.6 Å². The Labute approximate surface area is 76.8 Å². The molecule has 0 saturated carbocycles. The predicted octanol–water partition coefficient (Wildman–Crippen LogP) is 2.02. The van der Waals surface area contributed by atoms with Crippen LogP contribution < -0.4 is 5.32 Å². The van der Waals surface area contributed by atoms with Gasteiger partial charge in [-0.05, 0) is 5.56 Å². The summed E-state index contributed by atoms with van der Waals surface area (Å²) in [5.41, 5.74) is 2.28. The Morgan fingerprint density at radius 2 is 2.08 bits per heavy atom. The van der Waals surface area contributed by atoms with Crippen LogP contribution in [0, 0.1) is 0 Å². The van der Waals surface area contributed by atoms with Crippen molar-refractivity contribution in [2.75, 3.05) is 5.32 Å². The van der Waals surface area contributed by atoms with Crippen LogP contribution >= 0.6 is 0 Å². The second-order valence-corrected chi connectivity index (χ2v) is 2.83. The highest BCUT2D eigenvalue weighted by Crippen LogP contribution is 2.05. The number of aromatic nitrogens is 2. The first kappa shape index (κ1) is 7.86. The Hall–Kier alpha value is -1.77. The highest BCUT2D eigenvalue weighted by Gasteiger charge is 1.92. The van der Waals surface area contributed by atoms with E-state index in [1.54, 1.807) is 6.20 Å². The lowest BCUT2D eigenvalue weighted by atomic mass is 10.2. The van der Waals surface area contributed by atoms with Crippen LogP contribution in [0.5, 0.6) is 0 Å². The van der Waals surface area contributed by atoms with Gasteiger partial charge in [0, 0.05) is 12.7 Å². The minimum absolute atomic E-state index is 0.834. The first-order valence-corrected chi connectivity index (χ1v) is 4.22. The van der Waals surface area contributed by atoms with Gasteiger partial charge in [-0.25, -0.2) is 0 Å². The van der Waals surface area contributed by atoms with E-state index < -0.39 is 0 Å². The van der Waals surface area contributed by atoms with Gasteiger partial charge in [0.05, 0.1) is 11.9 Å². The Morgan fingerprint density at radius 1 is 1.23 bits per heavy atom. The highest BCUT2D eigenvalue weighted by atomic mass is 15.1. The fourth-order valence-corrected chi connectivity index (χ4v) is 1.15. The zero-order chi connectivity index (χ0) is 8.93. The Morgan fingerprint density at radius 3 is 2.77 bits per heavy atom. The summed E-state index contributed by atoms with van der Waals surface area (Å²) < 4.78 is 0. The largest absolute Gasteiger partial charge is 0.378 e. The van der Waals surface area contributed by atoms with Crippen molar-refractivity contribution in [1.29, 1.82) is 0 Å². The van der Waals surface area contributed by atoms with Crippen LogP contribution in [0.1, 0.15) is 5.56 Å². The summed E-state index contributed by atoms with van der Waals surface area (Å²) in [5.74, 6) is 0. The molecule has 0 saturated heterocycles. The van der Waals surface area contributed by atoms with E-state index >= 15 is 0 Å². The molecule has 0 bridgehead atoms. The van der Waals surface area contributed by atoms with Crippen molar-refractivity contribution in [3.8, 4) is 0 Å². The zero-order valence-electron chi connectivity index (χ0n) is 7.20.